The molecule has 3 rings (SSSR count). The second-order valence-electron chi connectivity index (χ2n) is 6.66. The average molecular weight is 456 g/mol. The summed E-state index contributed by atoms with van der Waals surface area (Å²) in [4.78, 5) is 9.00. The van der Waals surface area contributed by atoms with Crippen LogP contribution in [0.4, 0.5) is 18.9 Å². The Labute approximate surface area is 177 Å². The standard InChI is InChI=1S/C20H20F3N3O2S2/c1-2-3-4-5-17-12-15(10-11-24-17)19-25-18(13-29-19)14-6-8-16(9-7-14)26-30(27,28)20(21,22)23/h6-13,26H,2-5H2,1H3. The molecule has 0 spiro atoms. The molecule has 2 aromatic heterocycles. The number of thiazole rings is 1. The van der Waals surface area contributed by atoms with Crippen molar-refractivity contribution in [3.05, 3.63) is 53.7 Å². The molecular weight excluding hydrogens is 435 g/mol. The van der Waals surface area contributed by atoms with Crippen molar-refractivity contribution in [1.29, 1.82) is 0 Å². The lowest BCUT2D eigenvalue weighted by Gasteiger charge is -2.10. The highest BCUT2D eigenvalue weighted by atomic mass is 32.2. The Morgan fingerprint density at radius 1 is 1.07 bits per heavy atom. The Hall–Kier alpha value is -2.46. The summed E-state index contributed by atoms with van der Waals surface area (Å²) < 4.78 is 61.3. The zero-order valence-electron chi connectivity index (χ0n) is 16.1. The first kappa shape index (κ1) is 22.2. The van der Waals surface area contributed by atoms with Gasteiger partial charge < -0.3 is 0 Å². The third-order valence-electron chi connectivity index (χ3n) is 4.34. The summed E-state index contributed by atoms with van der Waals surface area (Å²) in [6.45, 7) is 2.15. The first-order chi connectivity index (χ1) is 14.2. The summed E-state index contributed by atoms with van der Waals surface area (Å²) in [5.74, 6) is 0. The van der Waals surface area contributed by atoms with E-state index in [9.17, 15) is 21.6 Å². The second kappa shape index (κ2) is 9.13. The van der Waals surface area contributed by atoms with Gasteiger partial charge in [-0.3, -0.25) is 9.71 Å². The van der Waals surface area contributed by atoms with E-state index >= 15 is 0 Å². The number of hydrogen-bond donors (Lipinski definition) is 1. The zero-order valence-corrected chi connectivity index (χ0v) is 17.7. The number of aryl methyl sites for hydroxylation is 1. The second-order valence-corrected chi connectivity index (χ2v) is 9.19. The summed E-state index contributed by atoms with van der Waals surface area (Å²) in [7, 11) is -5.44. The van der Waals surface area contributed by atoms with E-state index in [0.717, 1.165) is 41.9 Å². The van der Waals surface area contributed by atoms with Gasteiger partial charge in [0.25, 0.3) is 0 Å². The maximum atomic E-state index is 12.5. The predicted molar refractivity (Wildman–Crippen MR) is 113 cm³/mol. The van der Waals surface area contributed by atoms with E-state index < -0.39 is 15.5 Å². The number of halogens is 3. The van der Waals surface area contributed by atoms with Crippen molar-refractivity contribution in [2.45, 2.75) is 38.1 Å². The summed E-state index contributed by atoms with van der Waals surface area (Å²) >= 11 is 1.45. The molecule has 0 saturated carbocycles. The largest absolute Gasteiger partial charge is 0.516 e. The minimum Gasteiger partial charge on any atom is -0.276 e. The Kier molecular flexibility index (Phi) is 6.77. The van der Waals surface area contributed by atoms with E-state index in [-0.39, 0.29) is 5.69 Å². The molecule has 0 unspecified atom stereocenters. The number of rotatable bonds is 8. The molecule has 160 valence electrons. The fourth-order valence-electron chi connectivity index (χ4n) is 2.77. The van der Waals surface area contributed by atoms with Crippen LogP contribution in [-0.2, 0) is 16.4 Å². The van der Waals surface area contributed by atoms with Gasteiger partial charge in [-0.1, -0.05) is 31.9 Å². The quantitative estimate of drug-likeness (QED) is 0.432. The molecule has 0 aliphatic heterocycles. The molecule has 30 heavy (non-hydrogen) atoms. The molecule has 1 N–H and O–H groups in total. The molecule has 1 aromatic carbocycles. The molecule has 2 heterocycles. The molecule has 0 atom stereocenters. The number of sulfonamides is 1. The summed E-state index contributed by atoms with van der Waals surface area (Å²) in [5, 5.41) is 2.66. The van der Waals surface area contributed by atoms with E-state index in [1.165, 1.54) is 40.3 Å². The number of nitrogens with one attached hydrogen (secondary N) is 1. The topological polar surface area (TPSA) is 72.0 Å². The molecule has 0 saturated heterocycles. The zero-order chi connectivity index (χ0) is 21.8. The average Bonchev–Trinajstić information content (AvgIpc) is 3.18. The van der Waals surface area contributed by atoms with Gasteiger partial charge in [-0.15, -0.1) is 11.3 Å². The minimum absolute atomic E-state index is 0.169. The highest BCUT2D eigenvalue weighted by Gasteiger charge is 2.46. The molecule has 0 aliphatic rings. The van der Waals surface area contributed by atoms with Crippen LogP contribution in [0, 0.1) is 0 Å². The summed E-state index contributed by atoms with van der Waals surface area (Å²) in [6.07, 6.45) is 6.06. The van der Waals surface area contributed by atoms with E-state index in [0.29, 0.717) is 11.3 Å². The minimum atomic E-state index is -5.44. The van der Waals surface area contributed by atoms with E-state index in [4.69, 9.17) is 0 Å². The van der Waals surface area contributed by atoms with Crippen LogP contribution >= 0.6 is 11.3 Å². The lowest BCUT2D eigenvalue weighted by atomic mass is 10.1. The number of pyridine rings is 1. The monoisotopic (exact) mass is 455 g/mol. The van der Waals surface area contributed by atoms with Gasteiger partial charge >= 0.3 is 15.5 Å². The van der Waals surface area contributed by atoms with Gasteiger partial charge in [0.1, 0.15) is 5.01 Å². The highest BCUT2D eigenvalue weighted by Crippen LogP contribution is 2.31. The van der Waals surface area contributed by atoms with Crippen molar-refractivity contribution >= 4 is 27.0 Å². The van der Waals surface area contributed by atoms with Crippen LogP contribution in [0.25, 0.3) is 21.8 Å². The third-order valence-corrected chi connectivity index (χ3v) is 6.35. The van der Waals surface area contributed by atoms with Crippen LogP contribution in [0.2, 0.25) is 0 Å². The van der Waals surface area contributed by atoms with Gasteiger partial charge in [-0.25, -0.2) is 4.98 Å². The number of benzene rings is 1. The third kappa shape index (κ3) is 5.37. The van der Waals surface area contributed by atoms with Gasteiger partial charge in [0.2, 0.25) is 0 Å². The van der Waals surface area contributed by atoms with Crippen molar-refractivity contribution in [2.24, 2.45) is 0 Å². The number of aromatic nitrogens is 2. The van der Waals surface area contributed by atoms with Crippen molar-refractivity contribution in [2.75, 3.05) is 4.72 Å². The molecule has 3 aromatic rings. The highest BCUT2D eigenvalue weighted by molar-refractivity contribution is 7.93. The SMILES string of the molecule is CCCCCc1cc(-c2nc(-c3ccc(NS(=O)(=O)C(F)(F)F)cc3)cs2)ccn1. The number of anilines is 1. The Morgan fingerprint density at radius 3 is 2.47 bits per heavy atom. The first-order valence-corrected chi connectivity index (χ1v) is 11.7. The maximum Gasteiger partial charge on any atom is 0.516 e. The lowest BCUT2D eigenvalue weighted by Crippen LogP contribution is -2.29. The molecule has 0 aliphatic carbocycles. The predicted octanol–water partition coefficient (Wildman–Crippen LogP) is 5.87. The van der Waals surface area contributed by atoms with Crippen LogP contribution < -0.4 is 4.72 Å². The number of nitrogens with zero attached hydrogens (tertiary/aromatic N) is 2. The van der Waals surface area contributed by atoms with E-state index in [1.807, 2.05) is 17.5 Å². The Morgan fingerprint density at radius 2 is 1.80 bits per heavy atom. The normalized spacial score (nSPS) is 12.1. The van der Waals surface area contributed by atoms with Crippen LogP contribution in [0.1, 0.15) is 31.9 Å². The molecule has 0 radical (unpaired) electrons. The van der Waals surface area contributed by atoms with Crippen molar-refractivity contribution in [3.63, 3.8) is 0 Å². The van der Waals surface area contributed by atoms with Crippen molar-refractivity contribution in [1.82, 2.24) is 9.97 Å². The van der Waals surface area contributed by atoms with Crippen LogP contribution in [0.5, 0.6) is 0 Å². The van der Waals surface area contributed by atoms with Crippen molar-refractivity contribution < 1.29 is 21.6 Å². The molecular formula is C20H20F3N3O2S2. The van der Waals surface area contributed by atoms with Crippen LogP contribution in [0.3, 0.4) is 0 Å². The summed E-state index contributed by atoms with van der Waals surface area (Å²) in [5.41, 5.74) is -2.23. The van der Waals surface area contributed by atoms with Gasteiger partial charge in [0.15, 0.2) is 0 Å². The summed E-state index contributed by atoms with van der Waals surface area (Å²) in [6, 6.07) is 9.51. The van der Waals surface area contributed by atoms with Gasteiger partial charge in [-0.05, 0) is 37.1 Å². The molecule has 0 bridgehead atoms. The van der Waals surface area contributed by atoms with Crippen LogP contribution in [0.15, 0.2) is 48.0 Å². The van der Waals surface area contributed by atoms with E-state index in [1.54, 1.807) is 6.20 Å². The maximum absolute atomic E-state index is 12.5. The Balaban J connectivity index is 1.74. The number of hydrogen-bond acceptors (Lipinski definition) is 5. The number of alkyl halides is 3. The Bertz CT molecular complexity index is 1090. The van der Waals surface area contributed by atoms with Gasteiger partial charge in [0, 0.05) is 34.1 Å². The van der Waals surface area contributed by atoms with Crippen molar-refractivity contribution in [3.8, 4) is 21.8 Å². The molecule has 5 nitrogen and oxygen atoms in total. The number of unbranched alkanes of at least 4 members (excludes halogenated alkanes) is 2. The molecule has 0 amide bonds. The fourth-order valence-corrected chi connectivity index (χ4v) is 4.15. The van der Waals surface area contributed by atoms with E-state index in [2.05, 4.69) is 16.9 Å². The van der Waals surface area contributed by atoms with Gasteiger partial charge in [-0.2, -0.15) is 21.6 Å². The smallest absolute Gasteiger partial charge is 0.276 e. The van der Waals surface area contributed by atoms with Crippen LogP contribution in [-0.4, -0.2) is 23.9 Å². The molecule has 0 fully saturated rings. The first-order valence-electron chi connectivity index (χ1n) is 9.30. The molecule has 10 heteroatoms. The fraction of sp³-hybridized carbons (Fsp3) is 0.300. The van der Waals surface area contributed by atoms with Gasteiger partial charge in [0.05, 0.1) is 5.69 Å². The lowest BCUT2D eigenvalue weighted by molar-refractivity contribution is -0.0429.